The number of carbonyl (C=O) groups is 2. The van der Waals surface area contributed by atoms with Gasteiger partial charge in [-0.3, -0.25) is 9.59 Å². The average molecular weight is 259 g/mol. The van der Waals surface area contributed by atoms with Gasteiger partial charge in [-0.2, -0.15) is 0 Å². The molecule has 1 amide bonds. The van der Waals surface area contributed by atoms with E-state index in [4.69, 9.17) is 0 Å². The first-order valence-electron chi connectivity index (χ1n) is 6.69. The number of Topliss-reactive ketones (excluding diaryl/α,β-unsaturated/α-hetero) is 1. The van der Waals surface area contributed by atoms with Crippen molar-refractivity contribution in [2.75, 3.05) is 5.32 Å². The Morgan fingerprint density at radius 3 is 2.84 bits per heavy atom. The number of hydrogen-bond acceptors (Lipinski definition) is 3. The molecule has 1 aliphatic carbocycles. The van der Waals surface area contributed by atoms with Crippen molar-refractivity contribution in [2.45, 2.75) is 31.8 Å². The van der Waals surface area contributed by atoms with Crippen molar-refractivity contribution in [2.24, 2.45) is 11.8 Å². The van der Waals surface area contributed by atoms with Gasteiger partial charge in [-0.05, 0) is 24.8 Å². The van der Waals surface area contributed by atoms with E-state index in [1.54, 1.807) is 24.3 Å². The van der Waals surface area contributed by atoms with E-state index in [-0.39, 0.29) is 5.78 Å². The summed E-state index contributed by atoms with van der Waals surface area (Å²) in [5.74, 6) is -0.749. The van der Waals surface area contributed by atoms with Gasteiger partial charge in [0.05, 0.1) is 5.92 Å². The summed E-state index contributed by atoms with van der Waals surface area (Å²) in [6.45, 7) is 2.06. The fraction of sp³-hybridized carbons (Fsp3) is 0.467. The second-order valence-corrected chi connectivity index (χ2v) is 5.66. The Bertz CT molecular complexity index is 554. The molecule has 2 N–H and O–H groups in total. The Labute approximate surface area is 111 Å². The molecule has 1 aliphatic heterocycles. The van der Waals surface area contributed by atoms with Gasteiger partial charge in [-0.1, -0.05) is 25.1 Å². The predicted molar refractivity (Wildman–Crippen MR) is 70.5 cm³/mol. The van der Waals surface area contributed by atoms with Crippen molar-refractivity contribution >= 4 is 17.4 Å². The molecule has 0 aromatic heterocycles. The van der Waals surface area contributed by atoms with Crippen LogP contribution < -0.4 is 5.32 Å². The van der Waals surface area contributed by atoms with E-state index in [1.165, 1.54) is 0 Å². The van der Waals surface area contributed by atoms with Crippen molar-refractivity contribution in [1.82, 2.24) is 0 Å². The van der Waals surface area contributed by atoms with Crippen LogP contribution in [0.15, 0.2) is 24.3 Å². The molecule has 2 aliphatic rings. The van der Waals surface area contributed by atoms with E-state index in [1.807, 2.05) is 0 Å². The lowest BCUT2D eigenvalue weighted by atomic mass is 9.70. The second kappa shape index (κ2) is 4.17. The van der Waals surface area contributed by atoms with E-state index < -0.39 is 17.4 Å². The Morgan fingerprint density at radius 2 is 2.05 bits per heavy atom. The van der Waals surface area contributed by atoms with Gasteiger partial charge in [0.25, 0.3) is 5.91 Å². The summed E-state index contributed by atoms with van der Waals surface area (Å²) in [7, 11) is 0. The fourth-order valence-corrected chi connectivity index (χ4v) is 3.23. The molecule has 1 aromatic carbocycles. The lowest BCUT2D eigenvalue weighted by Crippen LogP contribution is -2.47. The monoisotopic (exact) mass is 259 g/mol. The smallest absolute Gasteiger partial charge is 0.261 e. The summed E-state index contributed by atoms with van der Waals surface area (Å²) in [4.78, 5) is 24.3. The fourth-order valence-electron chi connectivity index (χ4n) is 3.23. The lowest BCUT2D eigenvalue weighted by molar-refractivity contribution is -0.151. The Balaban J connectivity index is 2.07. The van der Waals surface area contributed by atoms with Crippen molar-refractivity contribution in [3.05, 3.63) is 29.8 Å². The predicted octanol–water partition coefficient (Wildman–Crippen LogP) is 1.83. The zero-order valence-corrected chi connectivity index (χ0v) is 10.8. The molecule has 0 bridgehead atoms. The molecule has 1 aromatic rings. The number of aliphatic hydroxyl groups is 1. The zero-order valence-electron chi connectivity index (χ0n) is 10.8. The summed E-state index contributed by atoms with van der Waals surface area (Å²) < 4.78 is 0. The normalized spacial score (nSPS) is 34.0. The van der Waals surface area contributed by atoms with Crippen LogP contribution in [0.4, 0.5) is 5.69 Å². The highest BCUT2D eigenvalue weighted by Crippen LogP contribution is 2.45. The highest BCUT2D eigenvalue weighted by Gasteiger charge is 2.54. The number of carbonyl (C=O) groups excluding carboxylic acids is 2. The molecule has 1 saturated carbocycles. The van der Waals surface area contributed by atoms with Crippen LogP contribution in [0.2, 0.25) is 0 Å². The van der Waals surface area contributed by atoms with Gasteiger partial charge in [0.15, 0.2) is 5.60 Å². The van der Waals surface area contributed by atoms with Crippen molar-refractivity contribution in [1.29, 1.82) is 0 Å². The molecule has 1 heterocycles. The van der Waals surface area contributed by atoms with E-state index in [2.05, 4.69) is 12.2 Å². The number of benzene rings is 1. The number of rotatable bonds is 1. The summed E-state index contributed by atoms with van der Waals surface area (Å²) in [6.07, 6.45) is 1.86. The lowest BCUT2D eigenvalue weighted by Gasteiger charge is -2.35. The molecule has 1 fully saturated rings. The van der Waals surface area contributed by atoms with Crippen LogP contribution in [0.1, 0.15) is 31.7 Å². The van der Waals surface area contributed by atoms with Crippen LogP contribution in [-0.2, 0) is 15.2 Å². The molecule has 100 valence electrons. The highest BCUT2D eigenvalue weighted by atomic mass is 16.3. The minimum absolute atomic E-state index is 0.00699. The highest BCUT2D eigenvalue weighted by molar-refractivity contribution is 6.08. The SMILES string of the molecule is C[C@@H]1CCC(=O)[C@@H]([C@]2(O)C(=O)Nc3ccccc32)C1. The maximum absolute atomic E-state index is 12.2. The van der Waals surface area contributed by atoms with Crippen LogP contribution in [0.5, 0.6) is 0 Å². The van der Waals surface area contributed by atoms with E-state index in [0.29, 0.717) is 30.0 Å². The Kier molecular flexibility index (Phi) is 2.71. The third-order valence-electron chi connectivity index (χ3n) is 4.35. The third kappa shape index (κ3) is 1.70. The van der Waals surface area contributed by atoms with E-state index >= 15 is 0 Å². The first kappa shape index (κ1) is 12.4. The maximum atomic E-state index is 12.2. The van der Waals surface area contributed by atoms with Crippen LogP contribution in [0, 0.1) is 11.8 Å². The van der Waals surface area contributed by atoms with Crippen LogP contribution in [0.3, 0.4) is 0 Å². The molecule has 0 unspecified atom stereocenters. The summed E-state index contributed by atoms with van der Waals surface area (Å²) in [6, 6.07) is 7.05. The number of anilines is 1. The minimum Gasteiger partial charge on any atom is -0.375 e. The van der Waals surface area contributed by atoms with Gasteiger partial charge in [0.2, 0.25) is 0 Å². The number of nitrogens with one attached hydrogen (secondary N) is 1. The van der Waals surface area contributed by atoms with Crippen LogP contribution in [0.25, 0.3) is 0 Å². The first-order chi connectivity index (χ1) is 9.03. The van der Waals surface area contributed by atoms with E-state index in [0.717, 1.165) is 6.42 Å². The van der Waals surface area contributed by atoms with E-state index in [9.17, 15) is 14.7 Å². The zero-order chi connectivity index (χ0) is 13.6. The van der Waals surface area contributed by atoms with Gasteiger partial charge < -0.3 is 10.4 Å². The summed E-state index contributed by atoms with van der Waals surface area (Å²) in [5, 5.41) is 13.6. The van der Waals surface area contributed by atoms with Gasteiger partial charge >= 0.3 is 0 Å². The molecule has 3 atom stereocenters. The molecular weight excluding hydrogens is 242 g/mol. The summed E-state index contributed by atoms with van der Waals surface area (Å²) in [5.41, 5.74) is -0.545. The molecule has 0 spiro atoms. The van der Waals surface area contributed by atoms with Gasteiger partial charge in [0, 0.05) is 17.7 Å². The number of amides is 1. The maximum Gasteiger partial charge on any atom is 0.261 e. The van der Waals surface area contributed by atoms with Gasteiger partial charge in [0.1, 0.15) is 5.78 Å². The quantitative estimate of drug-likeness (QED) is 0.808. The topological polar surface area (TPSA) is 66.4 Å². The van der Waals surface area contributed by atoms with Crippen molar-refractivity contribution in [3.8, 4) is 0 Å². The molecule has 0 saturated heterocycles. The minimum atomic E-state index is -1.69. The molecule has 4 nitrogen and oxygen atoms in total. The first-order valence-corrected chi connectivity index (χ1v) is 6.69. The van der Waals surface area contributed by atoms with Gasteiger partial charge in [-0.25, -0.2) is 0 Å². The number of fused-ring (bicyclic) bond motifs is 1. The molecule has 0 radical (unpaired) electrons. The molecular formula is C15H17NO3. The Morgan fingerprint density at radius 1 is 1.32 bits per heavy atom. The van der Waals surface area contributed by atoms with Crippen molar-refractivity contribution < 1.29 is 14.7 Å². The second-order valence-electron chi connectivity index (χ2n) is 5.66. The standard InChI is InChI=1S/C15H17NO3/c1-9-6-7-13(17)11(8-9)15(19)10-4-2-3-5-12(10)16-14(15)18/h2-5,9,11,19H,6-8H2,1H3,(H,16,18)/t9-,11+,15+/m1/s1. The molecule has 3 rings (SSSR count). The number of para-hydroxylation sites is 1. The molecule has 4 heteroatoms. The third-order valence-corrected chi connectivity index (χ3v) is 4.35. The van der Waals surface area contributed by atoms with Crippen LogP contribution in [-0.4, -0.2) is 16.8 Å². The number of ketones is 1. The molecule has 19 heavy (non-hydrogen) atoms. The Hall–Kier alpha value is -1.68. The number of hydrogen-bond donors (Lipinski definition) is 2. The summed E-state index contributed by atoms with van der Waals surface area (Å²) >= 11 is 0. The van der Waals surface area contributed by atoms with Crippen LogP contribution >= 0.6 is 0 Å². The van der Waals surface area contributed by atoms with Gasteiger partial charge in [-0.15, -0.1) is 0 Å². The largest absolute Gasteiger partial charge is 0.375 e. The average Bonchev–Trinajstić information content (AvgIpc) is 2.66. The van der Waals surface area contributed by atoms with Crippen molar-refractivity contribution in [3.63, 3.8) is 0 Å².